The average molecular weight is 835 g/mol. The molecule has 0 radical (unpaired) electrons. The predicted molar refractivity (Wildman–Crippen MR) is 235 cm³/mol. The van der Waals surface area contributed by atoms with Gasteiger partial charge in [0.1, 0.15) is 23.7 Å². The maximum atomic E-state index is 14.0. The van der Waals surface area contributed by atoms with E-state index >= 15 is 0 Å². The van der Waals surface area contributed by atoms with E-state index in [9.17, 15) is 19.2 Å². The number of nitrogens with zero attached hydrogens (tertiary/aromatic N) is 4. The zero-order chi connectivity index (χ0) is 42.9. The number of carbonyl (C=O) groups excluding carboxylic acids is 4. The minimum Gasteiger partial charge on any atom is -0.453 e. The highest BCUT2D eigenvalue weighted by Gasteiger charge is 2.46. The van der Waals surface area contributed by atoms with Crippen LogP contribution in [0.5, 0.6) is 0 Å². The van der Waals surface area contributed by atoms with Crippen molar-refractivity contribution in [2.75, 3.05) is 26.9 Å². The summed E-state index contributed by atoms with van der Waals surface area (Å²) in [5.41, 5.74) is 5.76. The van der Waals surface area contributed by atoms with Crippen molar-refractivity contribution in [3.63, 3.8) is 0 Å². The molecule has 2 fully saturated rings. The first kappa shape index (κ1) is 42.4. The van der Waals surface area contributed by atoms with Crippen LogP contribution in [-0.4, -0.2) is 101 Å². The van der Waals surface area contributed by atoms with E-state index < -0.39 is 32.3 Å². The lowest BCUT2D eigenvalue weighted by Gasteiger charge is -2.31. The molecule has 6 atom stereocenters. The first-order chi connectivity index (χ1) is 28.7. The van der Waals surface area contributed by atoms with Crippen molar-refractivity contribution in [2.24, 2.45) is 11.8 Å². The average Bonchev–Trinajstić information content (AvgIpc) is 4.09. The number of alkyl carbamates (subject to hydrolysis) is 2. The molecule has 7 rings (SSSR count). The van der Waals surface area contributed by atoms with Crippen LogP contribution >= 0.6 is 0 Å². The van der Waals surface area contributed by atoms with Gasteiger partial charge in [0.2, 0.25) is 11.8 Å². The van der Waals surface area contributed by atoms with Gasteiger partial charge in [-0.15, -0.1) is 0 Å². The fourth-order valence-corrected chi connectivity index (χ4v) is 11.7. The van der Waals surface area contributed by atoms with Crippen LogP contribution in [0, 0.1) is 11.8 Å². The highest BCUT2D eigenvalue weighted by Crippen LogP contribution is 2.39. The summed E-state index contributed by atoms with van der Waals surface area (Å²) < 4.78 is 9.69. The Morgan fingerprint density at radius 2 is 1.42 bits per heavy atom. The van der Waals surface area contributed by atoms with Crippen molar-refractivity contribution in [1.82, 2.24) is 40.4 Å². The van der Waals surface area contributed by atoms with Crippen molar-refractivity contribution < 1.29 is 28.7 Å². The highest BCUT2D eigenvalue weighted by atomic mass is 28.3. The number of benzene rings is 3. The van der Waals surface area contributed by atoms with E-state index in [1.165, 1.54) is 14.2 Å². The summed E-state index contributed by atoms with van der Waals surface area (Å²) >= 11 is 0. The van der Waals surface area contributed by atoms with Gasteiger partial charge in [-0.2, -0.15) is 0 Å². The van der Waals surface area contributed by atoms with Gasteiger partial charge in [0.25, 0.3) is 0 Å². The summed E-state index contributed by atoms with van der Waals surface area (Å²) in [6, 6.07) is 18.0. The minimum atomic E-state index is -1.76. The second-order valence-corrected chi connectivity index (χ2v) is 22.4. The van der Waals surface area contributed by atoms with Crippen LogP contribution in [0.25, 0.3) is 44.2 Å². The third kappa shape index (κ3) is 8.49. The molecule has 4 heterocycles. The number of H-pyrrole nitrogens is 2. The molecule has 318 valence electrons. The summed E-state index contributed by atoms with van der Waals surface area (Å²) in [6.07, 6.45) is 4.40. The molecular formula is C45H58N8O6Si. The molecule has 15 heteroatoms. The largest absolute Gasteiger partial charge is 0.453 e. The molecule has 2 aliphatic rings. The van der Waals surface area contributed by atoms with Crippen molar-refractivity contribution in [3.05, 3.63) is 72.4 Å². The normalized spacial score (nSPS) is 19.5. The van der Waals surface area contributed by atoms with Crippen molar-refractivity contribution in [2.45, 2.75) is 96.7 Å². The van der Waals surface area contributed by atoms with Gasteiger partial charge in [-0.1, -0.05) is 96.1 Å². The monoisotopic (exact) mass is 834 g/mol. The number of nitrogens with one attached hydrogen (secondary N) is 4. The Labute approximate surface area is 352 Å². The number of aromatic nitrogens is 4. The SMILES string of the molecule is CC[C@H](C)[C@H](NC(=O)OC)C(=O)N1C[Si](C)(C)C[C@H]1c1ncc(-c2ccc(-c3ccc4c(ccc5nc([C@@H]6CCCN6C(=O)[C@@H](NC(=O)OC)[C@@H](C)CC)[nH]c54)c3)cc2)[nH]1. The molecule has 0 saturated carbocycles. The molecule has 3 aromatic carbocycles. The number of rotatable bonds is 12. The zero-order valence-corrected chi connectivity index (χ0v) is 36.9. The van der Waals surface area contributed by atoms with Crippen molar-refractivity contribution in [3.8, 4) is 22.4 Å². The molecule has 0 aliphatic carbocycles. The summed E-state index contributed by atoms with van der Waals surface area (Å²) in [6.45, 7) is 13.1. The van der Waals surface area contributed by atoms with Gasteiger partial charge in [-0.05, 0) is 64.9 Å². The third-order valence-corrected chi connectivity index (χ3v) is 15.4. The van der Waals surface area contributed by atoms with Crippen molar-refractivity contribution >= 4 is 53.9 Å². The van der Waals surface area contributed by atoms with Crippen LogP contribution in [-0.2, 0) is 19.1 Å². The second kappa shape index (κ2) is 17.5. The number of likely N-dealkylation sites (tertiary alicyclic amines) is 1. The first-order valence-corrected chi connectivity index (χ1v) is 24.5. The van der Waals surface area contributed by atoms with E-state index in [-0.39, 0.29) is 35.7 Å². The van der Waals surface area contributed by atoms with E-state index in [1.807, 2.05) is 49.8 Å². The Morgan fingerprint density at radius 3 is 2.05 bits per heavy atom. The van der Waals surface area contributed by atoms with E-state index in [4.69, 9.17) is 19.4 Å². The van der Waals surface area contributed by atoms with E-state index in [1.54, 1.807) is 0 Å². The maximum Gasteiger partial charge on any atom is 0.407 e. The molecule has 14 nitrogen and oxygen atoms in total. The number of hydrogen-bond donors (Lipinski definition) is 4. The number of methoxy groups -OCH3 is 2. The molecule has 0 bridgehead atoms. The van der Waals surface area contributed by atoms with Gasteiger partial charge in [0.05, 0.1) is 57.3 Å². The van der Waals surface area contributed by atoms with Gasteiger partial charge < -0.3 is 39.9 Å². The fraction of sp³-hybridized carbons (Fsp3) is 0.467. The molecule has 2 aromatic heterocycles. The quantitative estimate of drug-likeness (QED) is 0.0913. The Morgan fingerprint density at radius 1 is 0.800 bits per heavy atom. The summed E-state index contributed by atoms with van der Waals surface area (Å²) in [5, 5.41) is 7.67. The minimum absolute atomic E-state index is 0.0606. The Hall–Kier alpha value is -5.70. The Kier molecular flexibility index (Phi) is 12.4. The van der Waals surface area contributed by atoms with E-state index in [0.29, 0.717) is 12.7 Å². The molecule has 2 aliphatic heterocycles. The van der Waals surface area contributed by atoms with Crippen LogP contribution in [0.4, 0.5) is 9.59 Å². The topological polar surface area (TPSA) is 175 Å². The van der Waals surface area contributed by atoms with Crippen LogP contribution in [0.15, 0.2) is 60.8 Å². The molecule has 60 heavy (non-hydrogen) atoms. The molecule has 4 N–H and O–H groups in total. The molecule has 0 spiro atoms. The highest BCUT2D eigenvalue weighted by molar-refractivity contribution is 6.78. The number of fused-ring (bicyclic) bond motifs is 3. The lowest BCUT2D eigenvalue weighted by atomic mass is 9.97. The predicted octanol–water partition coefficient (Wildman–Crippen LogP) is 8.11. The molecule has 2 saturated heterocycles. The van der Waals surface area contributed by atoms with Gasteiger partial charge >= 0.3 is 12.2 Å². The fourth-order valence-electron chi connectivity index (χ4n) is 8.82. The lowest BCUT2D eigenvalue weighted by Crippen LogP contribution is -2.52. The Balaban J connectivity index is 1.09. The number of aromatic amines is 2. The smallest absolute Gasteiger partial charge is 0.407 e. The standard InChI is InChI=1S/C45H58N8O6Si/c1-9-26(3)37(50-44(56)58-5)42(54)52-21-11-12-35(52)41-47-33-20-18-31-22-30(17-19-32(31)39(33)49-41)28-13-15-29(16-14-28)34-23-46-40(48-34)36-24-60(7,8)25-53(36)43(55)38(27(4)10-2)51-45(57)59-6/h13-20,22-23,26-27,35-38H,9-12,21,24-25H2,1-8H3,(H,46,48)(H,47,49)(H,50,56)(H,51,57)/t26-,27-,35-,36-,37-,38-/m0/s1. The molecule has 4 amide bonds. The number of carbonyl (C=O) groups is 4. The summed E-state index contributed by atoms with van der Waals surface area (Å²) in [7, 11) is 0.855. The van der Waals surface area contributed by atoms with Crippen LogP contribution in [0.1, 0.15) is 77.1 Å². The number of amides is 4. The zero-order valence-electron chi connectivity index (χ0n) is 35.9. The van der Waals surface area contributed by atoms with Gasteiger partial charge in [0, 0.05) is 18.1 Å². The second-order valence-electron chi connectivity index (χ2n) is 17.3. The number of imidazole rings is 2. The molecule has 0 unspecified atom stereocenters. The van der Waals surface area contributed by atoms with Crippen molar-refractivity contribution in [1.29, 1.82) is 0 Å². The van der Waals surface area contributed by atoms with Crippen LogP contribution in [0.2, 0.25) is 19.1 Å². The van der Waals surface area contributed by atoms with Crippen LogP contribution in [0.3, 0.4) is 0 Å². The third-order valence-electron chi connectivity index (χ3n) is 12.7. The Bertz CT molecular complexity index is 2380. The number of ether oxygens (including phenoxy) is 2. The summed E-state index contributed by atoms with van der Waals surface area (Å²) in [4.78, 5) is 72.9. The van der Waals surface area contributed by atoms with E-state index in [2.05, 4.69) is 82.2 Å². The number of hydrogen-bond acceptors (Lipinski definition) is 8. The van der Waals surface area contributed by atoms with Gasteiger partial charge in [0.15, 0.2) is 0 Å². The van der Waals surface area contributed by atoms with Crippen LogP contribution < -0.4 is 10.6 Å². The van der Waals surface area contributed by atoms with Gasteiger partial charge in [-0.25, -0.2) is 19.6 Å². The van der Waals surface area contributed by atoms with E-state index in [0.717, 1.165) is 87.6 Å². The molecule has 5 aromatic rings. The lowest BCUT2D eigenvalue weighted by molar-refractivity contribution is -0.136. The maximum absolute atomic E-state index is 14.0. The molecular weight excluding hydrogens is 777 g/mol. The van der Waals surface area contributed by atoms with Gasteiger partial charge in [-0.3, -0.25) is 9.59 Å². The summed E-state index contributed by atoms with van der Waals surface area (Å²) in [5.74, 6) is 1.16. The first-order valence-electron chi connectivity index (χ1n) is 21.1.